The predicted molar refractivity (Wildman–Crippen MR) is 74.5 cm³/mol. The molecule has 0 spiro atoms. The molecule has 17 heavy (non-hydrogen) atoms. The molecular formula is C11H10BrN3OS. The highest BCUT2D eigenvalue weighted by molar-refractivity contribution is 9.10. The van der Waals surface area contributed by atoms with Crippen LogP contribution in [0.4, 0.5) is 0 Å². The van der Waals surface area contributed by atoms with E-state index < -0.39 is 0 Å². The lowest BCUT2D eigenvalue weighted by molar-refractivity contribution is -0.116. The molecular weight excluding hydrogens is 302 g/mol. The third kappa shape index (κ3) is 3.41. The van der Waals surface area contributed by atoms with Crippen molar-refractivity contribution in [1.82, 2.24) is 5.32 Å². The molecule has 0 aromatic heterocycles. The van der Waals surface area contributed by atoms with Crippen LogP contribution >= 0.6 is 27.7 Å². The SMILES string of the molecule is Cc1ccc(C=NN=C2NC(=O)CS2)cc1Br. The second kappa shape index (κ2) is 5.46. The maximum Gasteiger partial charge on any atom is 0.236 e. The van der Waals surface area contributed by atoms with E-state index in [4.69, 9.17) is 0 Å². The number of hydrogen-bond donors (Lipinski definition) is 1. The number of nitrogens with one attached hydrogen (secondary N) is 1. The fourth-order valence-corrected chi connectivity index (χ4v) is 2.24. The molecule has 0 bridgehead atoms. The summed E-state index contributed by atoms with van der Waals surface area (Å²) >= 11 is 4.81. The molecule has 1 saturated heterocycles. The van der Waals surface area contributed by atoms with Crippen molar-refractivity contribution < 1.29 is 4.79 Å². The lowest BCUT2D eigenvalue weighted by Crippen LogP contribution is -2.19. The highest BCUT2D eigenvalue weighted by atomic mass is 79.9. The van der Waals surface area contributed by atoms with E-state index in [0.717, 1.165) is 10.0 Å². The van der Waals surface area contributed by atoms with Crippen LogP contribution in [0, 0.1) is 6.92 Å². The lowest BCUT2D eigenvalue weighted by Gasteiger charge is -1.97. The van der Waals surface area contributed by atoms with Crippen molar-refractivity contribution >= 4 is 45.0 Å². The van der Waals surface area contributed by atoms with Crippen molar-refractivity contribution in [2.24, 2.45) is 10.2 Å². The van der Waals surface area contributed by atoms with E-state index in [2.05, 4.69) is 31.4 Å². The van der Waals surface area contributed by atoms with Gasteiger partial charge in [-0.05, 0) is 24.1 Å². The molecule has 4 nitrogen and oxygen atoms in total. The van der Waals surface area contributed by atoms with E-state index in [1.807, 2.05) is 25.1 Å². The Bertz CT molecular complexity index is 513. The number of carbonyl (C=O) groups is 1. The fraction of sp³-hybridized carbons (Fsp3) is 0.182. The summed E-state index contributed by atoms with van der Waals surface area (Å²) in [5.41, 5.74) is 2.13. The third-order valence-corrected chi connectivity index (χ3v) is 3.86. The number of hydrogen-bond acceptors (Lipinski definition) is 4. The average Bonchev–Trinajstić information content (AvgIpc) is 2.70. The number of halogens is 1. The Morgan fingerprint density at radius 3 is 3.00 bits per heavy atom. The first kappa shape index (κ1) is 12.3. The van der Waals surface area contributed by atoms with Gasteiger partial charge in [-0.15, -0.1) is 5.10 Å². The van der Waals surface area contributed by atoms with Gasteiger partial charge in [-0.2, -0.15) is 5.10 Å². The highest BCUT2D eigenvalue weighted by Crippen LogP contribution is 2.16. The molecule has 0 aliphatic carbocycles. The normalized spacial score (nSPS) is 18.0. The van der Waals surface area contributed by atoms with Gasteiger partial charge in [0, 0.05) is 4.47 Å². The van der Waals surface area contributed by atoms with Gasteiger partial charge in [-0.3, -0.25) is 4.79 Å². The minimum atomic E-state index is -0.0259. The van der Waals surface area contributed by atoms with Crippen LogP contribution in [0.15, 0.2) is 32.9 Å². The van der Waals surface area contributed by atoms with Gasteiger partial charge in [-0.1, -0.05) is 39.8 Å². The number of benzene rings is 1. The first-order valence-corrected chi connectivity index (χ1v) is 6.73. The van der Waals surface area contributed by atoms with Gasteiger partial charge in [0.25, 0.3) is 0 Å². The Morgan fingerprint density at radius 2 is 2.35 bits per heavy atom. The molecule has 2 rings (SSSR count). The maximum atomic E-state index is 10.9. The van der Waals surface area contributed by atoms with Crippen LogP contribution in [0.5, 0.6) is 0 Å². The summed E-state index contributed by atoms with van der Waals surface area (Å²) in [7, 11) is 0. The van der Waals surface area contributed by atoms with Crippen LogP contribution in [0.2, 0.25) is 0 Å². The Kier molecular flexibility index (Phi) is 3.96. The number of carbonyl (C=O) groups excluding carboxylic acids is 1. The quantitative estimate of drug-likeness (QED) is 0.673. The van der Waals surface area contributed by atoms with Crippen LogP contribution in [0.3, 0.4) is 0 Å². The molecule has 1 aromatic carbocycles. The molecule has 0 unspecified atom stereocenters. The van der Waals surface area contributed by atoms with E-state index in [1.165, 1.54) is 17.3 Å². The van der Waals surface area contributed by atoms with E-state index in [-0.39, 0.29) is 5.91 Å². The molecule has 6 heteroatoms. The van der Waals surface area contributed by atoms with Gasteiger partial charge in [0.2, 0.25) is 5.91 Å². The molecule has 1 aromatic rings. The Labute approximate surface area is 112 Å². The molecule has 0 radical (unpaired) electrons. The summed E-state index contributed by atoms with van der Waals surface area (Å²) in [4.78, 5) is 10.9. The summed E-state index contributed by atoms with van der Waals surface area (Å²) in [5, 5.41) is 11.0. The smallest absolute Gasteiger partial charge is 0.236 e. The summed E-state index contributed by atoms with van der Waals surface area (Å²) in [6.07, 6.45) is 1.65. The zero-order valence-electron chi connectivity index (χ0n) is 9.11. The topological polar surface area (TPSA) is 53.8 Å². The summed E-state index contributed by atoms with van der Waals surface area (Å²) in [6, 6.07) is 5.94. The number of thioether (sulfide) groups is 1. The Balaban J connectivity index is 2.05. The molecule has 1 aliphatic heterocycles. The Morgan fingerprint density at radius 1 is 1.53 bits per heavy atom. The van der Waals surface area contributed by atoms with Crippen LogP contribution in [-0.2, 0) is 4.79 Å². The minimum absolute atomic E-state index is 0.0259. The van der Waals surface area contributed by atoms with Crippen molar-refractivity contribution in [3.63, 3.8) is 0 Å². The molecule has 1 heterocycles. The molecule has 1 N–H and O–H groups in total. The number of amides is 1. The van der Waals surface area contributed by atoms with E-state index in [0.29, 0.717) is 10.9 Å². The maximum absolute atomic E-state index is 10.9. The third-order valence-electron chi connectivity index (χ3n) is 2.14. The zero-order valence-corrected chi connectivity index (χ0v) is 11.5. The van der Waals surface area contributed by atoms with E-state index >= 15 is 0 Å². The average molecular weight is 312 g/mol. The van der Waals surface area contributed by atoms with E-state index in [1.54, 1.807) is 6.21 Å². The Hall–Kier alpha value is -1.14. The van der Waals surface area contributed by atoms with Crippen molar-refractivity contribution in [2.75, 3.05) is 5.75 Å². The summed E-state index contributed by atoms with van der Waals surface area (Å²) < 4.78 is 1.04. The van der Waals surface area contributed by atoms with Gasteiger partial charge in [0.1, 0.15) is 0 Å². The van der Waals surface area contributed by atoms with Crippen molar-refractivity contribution in [3.8, 4) is 0 Å². The highest BCUT2D eigenvalue weighted by Gasteiger charge is 2.15. The molecule has 0 saturated carbocycles. The summed E-state index contributed by atoms with van der Waals surface area (Å²) in [6.45, 7) is 2.02. The number of nitrogens with zero attached hydrogens (tertiary/aromatic N) is 2. The van der Waals surface area contributed by atoms with Gasteiger partial charge >= 0.3 is 0 Å². The molecule has 0 atom stereocenters. The number of rotatable bonds is 2. The molecule has 1 aliphatic rings. The number of aryl methyl sites for hydroxylation is 1. The van der Waals surface area contributed by atoms with Gasteiger partial charge in [0.15, 0.2) is 5.17 Å². The first-order chi connectivity index (χ1) is 8.15. The van der Waals surface area contributed by atoms with Crippen LogP contribution in [0.1, 0.15) is 11.1 Å². The largest absolute Gasteiger partial charge is 0.303 e. The molecule has 1 fully saturated rings. The van der Waals surface area contributed by atoms with Crippen LogP contribution in [-0.4, -0.2) is 23.0 Å². The van der Waals surface area contributed by atoms with Crippen LogP contribution < -0.4 is 5.32 Å². The molecule has 1 amide bonds. The van der Waals surface area contributed by atoms with Crippen molar-refractivity contribution in [1.29, 1.82) is 0 Å². The standard InChI is InChI=1S/C11H10BrN3OS/c1-7-2-3-8(4-9(7)12)5-13-15-11-14-10(16)6-17-11/h2-5H,6H2,1H3,(H,14,15,16). The van der Waals surface area contributed by atoms with Gasteiger partial charge in [-0.25, -0.2) is 0 Å². The fourth-order valence-electron chi connectivity index (χ4n) is 1.22. The van der Waals surface area contributed by atoms with Gasteiger partial charge in [0.05, 0.1) is 12.0 Å². The van der Waals surface area contributed by atoms with Gasteiger partial charge < -0.3 is 5.32 Å². The number of amidine groups is 1. The lowest BCUT2D eigenvalue weighted by atomic mass is 10.2. The van der Waals surface area contributed by atoms with Crippen LogP contribution in [0.25, 0.3) is 0 Å². The second-order valence-corrected chi connectivity index (χ2v) is 5.31. The second-order valence-electron chi connectivity index (χ2n) is 3.50. The minimum Gasteiger partial charge on any atom is -0.303 e. The zero-order chi connectivity index (χ0) is 12.3. The van der Waals surface area contributed by atoms with E-state index in [9.17, 15) is 4.79 Å². The monoisotopic (exact) mass is 311 g/mol. The summed E-state index contributed by atoms with van der Waals surface area (Å²) in [5.74, 6) is 0.395. The predicted octanol–water partition coefficient (Wildman–Crippen LogP) is 2.31. The molecule has 88 valence electrons. The first-order valence-electron chi connectivity index (χ1n) is 4.95. The van der Waals surface area contributed by atoms with Crippen molar-refractivity contribution in [2.45, 2.75) is 6.92 Å². The van der Waals surface area contributed by atoms with Crippen molar-refractivity contribution in [3.05, 3.63) is 33.8 Å².